The maximum Gasteiger partial charge on any atom is 0.128 e. The summed E-state index contributed by atoms with van der Waals surface area (Å²) in [7, 11) is 0. The largest absolute Gasteiger partial charge is 0.493 e. The summed E-state index contributed by atoms with van der Waals surface area (Å²) in [5.41, 5.74) is 2.14. The topological polar surface area (TPSA) is 29.5 Å². The molecule has 0 bridgehead atoms. The van der Waals surface area contributed by atoms with Gasteiger partial charge in [0, 0.05) is 12.0 Å². The number of hydrogen-bond acceptors (Lipinski definition) is 2. The van der Waals surface area contributed by atoms with Crippen LogP contribution in [0.3, 0.4) is 0 Å². The standard InChI is InChI=1S/C11H14O2/c1-2-8-4-3-5-9-10(12)6-7-13-11(8)9/h3-5,10,12H,2,6-7H2,1H3/t10-/m1/s1. The Kier molecular flexibility index (Phi) is 2.23. The first kappa shape index (κ1) is 8.57. The monoisotopic (exact) mass is 178 g/mol. The molecule has 0 aliphatic carbocycles. The first-order valence-electron chi connectivity index (χ1n) is 4.75. The van der Waals surface area contributed by atoms with Gasteiger partial charge in [-0.15, -0.1) is 0 Å². The lowest BCUT2D eigenvalue weighted by Gasteiger charge is -2.23. The molecule has 70 valence electrons. The van der Waals surface area contributed by atoms with E-state index in [9.17, 15) is 5.11 Å². The van der Waals surface area contributed by atoms with E-state index in [4.69, 9.17) is 4.74 Å². The van der Waals surface area contributed by atoms with E-state index in [0.717, 1.165) is 17.7 Å². The van der Waals surface area contributed by atoms with Gasteiger partial charge in [-0.3, -0.25) is 0 Å². The summed E-state index contributed by atoms with van der Waals surface area (Å²) in [6, 6.07) is 5.98. The molecule has 0 saturated carbocycles. The number of para-hydroxylation sites is 1. The summed E-state index contributed by atoms with van der Waals surface area (Å²) in [4.78, 5) is 0. The van der Waals surface area contributed by atoms with Gasteiger partial charge in [-0.2, -0.15) is 0 Å². The maximum atomic E-state index is 9.70. The molecule has 1 atom stereocenters. The Bertz CT molecular complexity index is 307. The van der Waals surface area contributed by atoms with Crippen LogP contribution in [0.25, 0.3) is 0 Å². The highest BCUT2D eigenvalue weighted by atomic mass is 16.5. The number of aliphatic hydroxyl groups excluding tert-OH is 1. The zero-order valence-electron chi connectivity index (χ0n) is 7.79. The van der Waals surface area contributed by atoms with E-state index in [1.807, 2.05) is 12.1 Å². The van der Waals surface area contributed by atoms with Crippen molar-refractivity contribution in [3.05, 3.63) is 29.3 Å². The summed E-state index contributed by atoms with van der Waals surface area (Å²) in [5.74, 6) is 0.906. The number of ether oxygens (including phenoxy) is 1. The number of rotatable bonds is 1. The molecule has 0 saturated heterocycles. The highest BCUT2D eigenvalue weighted by Crippen LogP contribution is 2.34. The molecule has 0 fully saturated rings. The fourth-order valence-corrected chi connectivity index (χ4v) is 1.75. The van der Waals surface area contributed by atoms with Crippen LogP contribution in [0.4, 0.5) is 0 Å². The average Bonchev–Trinajstić information content (AvgIpc) is 2.18. The van der Waals surface area contributed by atoms with E-state index in [1.54, 1.807) is 0 Å². The summed E-state index contributed by atoms with van der Waals surface area (Å²) < 4.78 is 5.56. The molecule has 1 N–H and O–H groups in total. The van der Waals surface area contributed by atoms with Gasteiger partial charge in [0.05, 0.1) is 12.7 Å². The minimum atomic E-state index is -0.338. The number of benzene rings is 1. The third-order valence-corrected chi connectivity index (χ3v) is 2.50. The van der Waals surface area contributed by atoms with Crippen molar-refractivity contribution in [2.75, 3.05) is 6.61 Å². The molecule has 1 heterocycles. The molecule has 0 spiro atoms. The smallest absolute Gasteiger partial charge is 0.128 e. The van der Waals surface area contributed by atoms with E-state index in [1.165, 1.54) is 5.56 Å². The molecule has 0 radical (unpaired) electrons. The molecule has 2 rings (SSSR count). The zero-order chi connectivity index (χ0) is 9.26. The number of hydrogen-bond donors (Lipinski definition) is 1. The molecule has 1 aliphatic rings. The lowest BCUT2D eigenvalue weighted by atomic mass is 9.99. The predicted molar refractivity (Wildman–Crippen MR) is 50.9 cm³/mol. The fraction of sp³-hybridized carbons (Fsp3) is 0.455. The Morgan fingerprint density at radius 3 is 3.15 bits per heavy atom. The van der Waals surface area contributed by atoms with Crippen LogP contribution in [0.15, 0.2) is 18.2 Å². The van der Waals surface area contributed by atoms with Crippen molar-refractivity contribution in [1.29, 1.82) is 0 Å². The Balaban J connectivity index is 2.48. The second-order valence-electron chi connectivity index (χ2n) is 3.34. The average molecular weight is 178 g/mol. The second-order valence-corrected chi connectivity index (χ2v) is 3.34. The quantitative estimate of drug-likeness (QED) is 0.713. The van der Waals surface area contributed by atoms with E-state index < -0.39 is 0 Å². The van der Waals surface area contributed by atoms with Crippen LogP contribution < -0.4 is 4.74 Å². The normalized spacial score (nSPS) is 20.6. The van der Waals surface area contributed by atoms with Gasteiger partial charge in [0.1, 0.15) is 5.75 Å². The molecular weight excluding hydrogens is 164 g/mol. The van der Waals surface area contributed by atoms with Crippen molar-refractivity contribution >= 4 is 0 Å². The molecule has 0 unspecified atom stereocenters. The SMILES string of the molecule is CCc1cccc2c1OCC[C@H]2O. The van der Waals surface area contributed by atoms with E-state index >= 15 is 0 Å². The van der Waals surface area contributed by atoms with Crippen LogP contribution in [0.2, 0.25) is 0 Å². The Labute approximate surface area is 78.2 Å². The summed E-state index contributed by atoms with van der Waals surface area (Å²) in [5, 5.41) is 9.70. The zero-order valence-corrected chi connectivity index (χ0v) is 7.79. The van der Waals surface area contributed by atoms with Gasteiger partial charge < -0.3 is 9.84 Å². The van der Waals surface area contributed by atoms with Crippen LogP contribution in [0.1, 0.15) is 30.6 Å². The predicted octanol–water partition coefficient (Wildman–Crippen LogP) is 2.06. The minimum absolute atomic E-state index is 0.338. The highest BCUT2D eigenvalue weighted by molar-refractivity contribution is 5.43. The summed E-state index contributed by atoms with van der Waals surface area (Å²) >= 11 is 0. The van der Waals surface area contributed by atoms with Gasteiger partial charge in [0.15, 0.2) is 0 Å². The fourth-order valence-electron chi connectivity index (χ4n) is 1.75. The van der Waals surface area contributed by atoms with Crippen molar-refractivity contribution in [1.82, 2.24) is 0 Å². The summed E-state index contributed by atoms with van der Waals surface area (Å²) in [6.45, 7) is 2.73. The highest BCUT2D eigenvalue weighted by Gasteiger charge is 2.20. The van der Waals surface area contributed by atoms with Gasteiger partial charge in [0.2, 0.25) is 0 Å². The molecule has 0 aromatic heterocycles. The molecule has 13 heavy (non-hydrogen) atoms. The molecule has 2 heteroatoms. The van der Waals surface area contributed by atoms with E-state index in [-0.39, 0.29) is 6.10 Å². The first-order chi connectivity index (χ1) is 6.33. The first-order valence-corrected chi connectivity index (χ1v) is 4.75. The van der Waals surface area contributed by atoms with Gasteiger partial charge >= 0.3 is 0 Å². The van der Waals surface area contributed by atoms with Crippen molar-refractivity contribution in [2.45, 2.75) is 25.9 Å². The number of aryl methyl sites for hydroxylation is 1. The Morgan fingerprint density at radius 2 is 2.38 bits per heavy atom. The third-order valence-electron chi connectivity index (χ3n) is 2.50. The molecule has 1 aromatic rings. The number of aliphatic hydroxyl groups is 1. The van der Waals surface area contributed by atoms with Crippen LogP contribution in [-0.4, -0.2) is 11.7 Å². The molecule has 0 amide bonds. The van der Waals surface area contributed by atoms with Crippen LogP contribution in [0, 0.1) is 0 Å². The van der Waals surface area contributed by atoms with Crippen molar-refractivity contribution in [2.24, 2.45) is 0 Å². The lowest BCUT2D eigenvalue weighted by molar-refractivity contribution is 0.114. The molecule has 1 aromatic carbocycles. The van der Waals surface area contributed by atoms with Crippen LogP contribution >= 0.6 is 0 Å². The maximum absolute atomic E-state index is 9.70. The third kappa shape index (κ3) is 1.42. The second kappa shape index (κ2) is 3.38. The minimum Gasteiger partial charge on any atom is -0.493 e. The van der Waals surface area contributed by atoms with Gasteiger partial charge in [-0.05, 0) is 12.0 Å². The molecular formula is C11H14O2. The van der Waals surface area contributed by atoms with E-state index in [2.05, 4.69) is 13.0 Å². The summed E-state index contributed by atoms with van der Waals surface area (Å²) in [6.07, 6.45) is 1.33. The lowest BCUT2D eigenvalue weighted by Crippen LogP contribution is -2.14. The Hall–Kier alpha value is -1.02. The van der Waals surface area contributed by atoms with E-state index in [0.29, 0.717) is 13.0 Å². The van der Waals surface area contributed by atoms with Crippen LogP contribution in [0.5, 0.6) is 5.75 Å². The molecule has 2 nitrogen and oxygen atoms in total. The Morgan fingerprint density at radius 1 is 1.54 bits per heavy atom. The van der Waals surface area contributed by atoms with Crippen molar-refractivity contribution in [3.8, 4) is 5.75 Å². The van der Waals surface area contributed by atoms with Gasteiger partial charge in [-0.1, -0.05) is 25.1 Å². The van der Waals surface area contributed by atoms with Crippen LogP contribution in [-0.2, 0) is 6.42 Å². The van der Waals surface area contributed by atoms with Gasteiger partial charge in [0.25, 0.3) is 0 Å². The number of fused-ring (bicyclic) bond motifs is 1. The van der Waals surface area contributed by atoms with Crippen molar-refractivity contribution in [3.63, 3.8) is 0 Å². The van der Waals surface area contributed by atoms with Crippen molar-refractivity contribution < 1.29 is 9.84 Å². The molecule has 1 aliphatic heterocycles. The van der Waals surface area contributed by atoms with Gasteiger partial charge in [-0.25, -0.2) is 0 Å².